The minimum Gasteiger partial charge on any atom is -0.316 e. The van der Waals surface area contributed by atoms with Crippen LogP contribution in [0.3, 0.4) is 0 Å². The van der Waals surface area contributed by atoms with Crippen LogP contribution in [0.1, 0.15) is 55.9 Å². The summed E-state index contributed by atoms with van der Waals surface area (Å²) in [5, 5.41) is 3.50. The maximum absolute atomic E-state index is 4.73. The van der Waals surface area contributed by atoms with E-state index in [1.165, 1.54) is 36.2 Å². The van der Waals surface area contributed by atoms with E-state index in [-0.39, 0.29) is 0 Å². The molecular formula is C17H29N3. The van der Waals surface area contributed by atoms with Crippen LogP contribution in [0.25, 0.3) is 0 Å². The zero-order valence-corrected chi connectivity index (χ0v) is 13.5. The monoisotopic (exact) mass is 275 g/mol. The molecule has 1 aliphatic carbocycles. The highest BCUT2D eigenvalue weighted by Gasteiger charge is 2.23. The molecule has 1 N–H and O–H groups in total. The van der Waals surface area contributed by atoms with Crippen LogP contribution in [0.4, 0.5) is 0 Å². The van der Waals surface area contributed by atoms with Gasteiger partial charge in [0, 0.05) is 17.8 Å². The molecule has 1 aliphatic rings. The number of hydrogen-bond acceptors (Lipinski definition) is 3. The molecule has 112 valence electrons. The Morgan fingerprint density at radius 3 is 2.40 bits per heavy atom. The molecule has 1 atom stereocenters. The van der Waals surface area contributed by atoms with Crippen LogP contribution in [-0.4, -0.2) is 23.1 Å². The molecule has 20 heavy (non-hydrogen) atoms. The van der Waals surface area contributed by atoms with Crippen molar-refractivity contribution in [3.8, 4) is 0 Å². The molecule has 1 aromatic heterocycles. The van der Waals surface area contributed by atoms with Crippen molar-refractivity contribution in [2.45, 2.75) is 59.8 Å². The van der Waals surface area contributed by atoms with Gasteiger partial charge in [-0.1, -0.05) is 13.8 Å². The van der Waals surface area contributed by atoms with Crippen LogP contribution in [0.15, 0.2) is 0 Å². The van der Waals surface area contributed by atoms with Crippen molar-refractivity contribution in [3.05, 3.63) is 22.8 Å². The fraction of sp³-hybridized carbons (Fsp3) is 0.765. The summed E-state index contributed by atoms with van der Waals surface area (Å²) in [5.41, 5.74) is 3.74. The third-order valence-corrected chi connectivity index (χ3v) is 4.11. The summed E-state index contributed by atoms with van der Waals surface area (Å²) in [4.78, 5) is 9.46. The van der Waals surface area contributed by atoms with Crippen molar-refractivity contribution >= 4 is 0 Å². The van der Waals surface area contributed by atoms with Gasteiger partial charge >= 0.3 is 0 Å². The Bertz CT molecular complexity index is 415. The van der Waals surface area contributed by atoms with Gasteiger partial charge in [-0.3, -0.25) is 0 Å². The maximum atomic E-state index is 4.73. The van der Waals surface area contributed by atoms with Crippen molar-refractivity contribution in [1.29, 1.82) is 0 Å². The highest BCUT2D eigenvalue weighted by molar-refractivity contribution is 5.25. The van der Waals surface area contributed by atoms with Crippen molar-refractivity contribution in [2.24, 2.45) is 11.8 Å². The maximum Gasteiger partial charge on any atom is 0.129 e. The molecule has 3 nitrogen and oxygen atoms in total. The predicted octanol–water partition coefficient (Wildman–Crippen LogP) is 3.22. The van der Waals surface area contributed by atoms with Gasteiger partial charge in [-0.15, -0.1) is 0 Å². The summed E-state index contributed by atoms with van der Waals surface area (Å²) in [7, 11) is 0. The number of aryl methyl sites for hydroxylation is 2. The molecular weight excluding hydrogens is 246 g/mol. The van der Waals surface area contributed by atoms with Crippen LogP contribution in [0.2, 0.25) is 0 Å². The lowest BCUT2D eigenvalue weighted by Crippen LogP contribution is -2.23. The fourth-order valence-electron chi connectivity index (χ4n) is 2.72. The zero-order chi connectivity index (χ0) is 14.5. The van der Waals surface area contributed by atoms with E-state index in [1.54, 1.807) is 0 Å². The zero-order valence-electron chi connectivity index (χ0n) is 13.5. The average molecular weight is 275 g/mol. The van der Waals surface area contributed by atoms with Gasteiger partial charge in [0.1, 0.15) is 5.82 Å². The van der Waals surface area contributed by atoms with Gasteiger partial charge in [-0.2, -0.15) is 0 Å². The SMILES string of the molecule is CCCNCC(C)Cc1c(C)nc(CC2CC2)nc1C. The molecule has 1 aromatic rings. The van der Waals surface area contributed by atoms with E-state index in [2.05, 4.69) is 33.0 Å². The van der Waals surface area contributed by atoms with Crippen molar-refractivity contribution in [3.63, 3.8) is 0 Å². The summed E-state index contributed by atoms with van der Waals surface area (Å²) in [6.45, 7) is 11.0. The molecule has 0 bridgehead atoms. The van der Waals surface area contributed by atoms with Gasteiger partial charge < -0.3 is 5.32 Å². The standard InChI is InChI=1S/C17H29N3/c1-5-8-18-11-12(2)9-16-13(3)19-17(20-14(16)4)10-15-6-7-15/h12,15,18H,5-11H2,1-4H3. The molecule has 1 unspecified atom stereocenters. The van der Waals surface area contributed by atoms with E-state index in [4.69, 9.17) is 9.97 Å². The smallest absolute Gasteiger partial charge is 0.129 e. The second-order valence-corrected chi connectivity index (χ2v) is 6.45. The molecule has 0 amide bonds. The van der Waals surface area contributed by atoms with E-state index in [0.717, 1.165) is 37.7 Å². The Labute approximate surface area is 123 Å². The minimum atomic E-state index is 0.636. The second-order valence-electron chi connectivity index (χ2n) is 6.45. The van der Waals surface area contributed by atoms with Crippen molar-refractivity contribution < 1.29 is 0 Å². The Balaban J connectivity index is 1.96. The van der Waals surface area contributed by atoms with E-state index >= 15 is 0 Å². The molecule has 1 saturated carbocycles. The van der Waals surface area contributed by atoms with E-state index < -0.39 is 0 Å². The van der Waals surface area contributed by atoms with Crippen LogP contribution in [0, 0.1) is 25.7 Å². The average Bonchev–Trinajstić information content (AvgIpc) is 3.18. The van der Waals surface area contributed by atoms with E-state index in [0.29, 0.717) is 5.92 Å². The van der Waals surface area contributed by atoms with Crippen molar-refractivity contribution in [2.75, 3.05) is 13.1 Å². The van der Waals surface area contributed by atoms with Crippen LogP contribution in [-0.2, 0) is 12.8 Å². The Kier molecular flexibility index (Phi) is 5.53. The molecule has 1 heterocycles. The predicted molar refractivity (Wildman–Crippen MR) is 84.0 cm³/mol. The first kappa shape index (κ1) is 15.4. The van der Waals surface area contributed by atoms with E-state index in [9.17, 15) is 0 Å². The lowest BCUT2D eigenvalue weighted by Gasteiger charge is -2.16. The largest absolute Gasteiger partial charge is 0.316 e. The van der Waals surface area contributed by atoms with Crippen molar-refractivity contribution in [1.82, 2.24) is 15.3 Å². The van der Waals surface area contributed by atoms with Gasteiger partial charge in [0.05, 0.1) is 0 Å². The third kappa shape index (κ3) is 4.55. The molecule has 0 aliphatic heterocycles. The fourth-order valence-corrected chi connectivity index (χ4v) is 2.72. The van der Waals surface area contributed by atoms with Crippen LogP contribution >= 0.6 is 0 Å². The Morgan fingerprint density at radius 1 is 1.20 bits per heavy atom. The summed E-state index contributed by atoms with van der Waals surface area (Å²) in [5.74, 6) is 2.55. The summed E-state index contributed by atoms with van der Waals surface area (Å²) in [6, 6.07) is 0. The third-order valence-electron chi connectivity index (χ3n) is 4.11. The van der Waals surface area contributed by atoms with Gasteiger partial charge in [-0.05, 0) is 70.0 Å². The molecule has 0 saturated heterocycles. The minimum absolute atomic E-state index is 0.636. The molecule has 0 radical (unpaired) electrons. The number of nitrogens with zero attached hydrogens (tertiary/aromatic N) is 2. The first-order valence-electron chi connectivity index (χ1n) is 8.13. The van der Waals surface area contributed by atoms with E-state index in [1.807, 2.05) is 0 Å². The normalized spacial score (nSPS) is 16.4. The Hall–Kier alpha value is -0.960. The molecule has 2 rings (SSSR count). The highest BCUT2D eigenvalue weighted by atomic mass is 14.9. The summed E-state index contributed by atoms with van der Waals surface area (Å²) < 4.78 is 0. The van der Waals surface area contributed by atoms with Crippen LogP contribution < -0.4 is 5.32 Å². The van der Waals surface area contributed by atoms with Crippen LogP contribution in [0.5, 0.6) is 0 Å². The molecule has 3 heteroatoms. The quantitative estimate of drug-likeness (QED) is 0.740. The van der Waals surface area contributed by atoms with Gasteiger partial charge in [-0.25, -0.2) is 9.97 Å². The molecule has 1 fully saturated rings. The number of hydrogen-bond donors (Lipinski definition) is 1. The Morgan fingerprint density at radius 2 is 1.85 bits per heavy atom. The van der Waals surface area contributed by atoms with Gasteiger partial charge in [0.2, 0.25) is 0 Å². The first-order valence-corrected chi connectivity index (χ1v) is 8.13. The topological polar surface area (TPSA) is 37.8 Å². The number of aromatic nitrogens is 2. The number of rotatable bonds is 8. The molecule has 0 spiro atoms. The first-order chi connectivity index (χ1) is 9.60. The molecule has 0 aromatic carbocycles. The highest BCUT2D eigenvalue weighted by Crippen LogP contribution is 2.32. The summed E-state index contributed by atoms with van der Waals surface area (Å²) >= 11 is 0. The van der Waals surface area contributed by atoms with Gasteiger partial charge in [0.25, 0.3) is 0 Å². The van der Waals surface area contributed by atoms with Gasteiger partial charge in [0.15, 0.2) is 0 Å². The lowest BCUT2D eigenvalue weighted by atomic mass is 9.98. The number of nitrogens with one attached hydrogen (secondary N) is 1. The summed E-state index contributed by atoms with van der Waals surface area (Å²) in [6.07, 6.45) is 6.09. The second kappa shape index (κ2) is 7.16. The lowest BCUT2D eigenvalue weighted by molar-refractivity contribution is 0.506.